The van der Waals surface area contributed by atoms with Crippen molar-refractivity contribution < 1.29 is 27.9 Å². The predicted octanol–water partition coefficient (Wildman–Crippen LogP) is 3.31. The zero-order valence-corrected chi connectivity index (χ0v) is 18.5. The van der Waals surface area contributed by atoms with Crippen molar-refractivity contribution >= 4 is 34.8 Å². The molecule has 2 N–H and O–H groups in total. The van der Waals surface area contributed by atoms with Crippen molar-refractivity contribution in [1.82, 2.24) is 4.90 Å². The van der Waals surface area contributed by atoms with Crippen LogP contribution in [0, 0.1) is 0 Å². The van der Waals surface area contributed by atoms with E-state index in [9.17, 15) is 23.2 Å². The molecule has 0 aliphatic carbocycles. The molecule has 176 valence electrons. The molecule has 0 saturated heterocycles. The quantitative estimate of drug-likeness (QED) is 0.662. The molecular weight excluding hydrogens is 434 g/mol. The van der Waals surface area contributed by atoms with Crippen molar-refractivity contribution in [1.29, 1.82) is 0 Å². The number of hydrogen-bond acceptors (Lipinski definition) is 5. The lowest BCUT2D eigenvalue weighted by Crippen LogP contribution is -2.48. The number of ether oxygens (including phenoxy) is 1. The summed E-state index contributed by atoms with van der Waals surface area (Å²) in [4.78, 5) is 41.2. The number of carbonyl (C=O) groups is 3. The molecule has 0 aromatic heterocycles. The summed E-state index contributed by atoms with van der Waals surface area (Å²) in [5.41, 5.74) is 1.24. The minimum absolute atomic E-state index is 0.101. The Morgan fingerprint density at radius 2 is 1.88 bits per heavy atom. The number of fused-ring (bicyclic) bond motifs is 1. The minimum atomic E-state index is -3.03. The van der Waals surface area contributed by atoms with Crippen LogP contribution in [0.4, 0.5) is 25.8 Å². The molecule has 8 nitrogen and oxygen atoms in total. The first kappa shape index (κ1) is 24.1. The lowest BCUT2D eigenvalue weighted by atomic mass is 10.1. The van der Waals surface area contributed by atoms with Crippen LogP contribution >= 0.6 is 0 Å². The van der Waals surface area contributed by atoms with Crippen LogP contribution in [-0.2, 0) is 14.4 Å². The second-order valence-electron chi connectivity index (χ2n) is 7.84. The molecule has 3 amide bonds. The highest BCUT2D eigenvalue weighted by Crippen LogP contribution is 2.31. The van der Waals surface area contributed by atoms with Gasteiger partial charge in [-0.05, 0) is 45.2 Å². The number of benzene rings is 2. The number of nitrogens with zero attached hydrogens (tertiary/aromatic N) is 2. The predicted molar refractivity (Wildman–Crippen MR) is 120 cm³/mol. The number of para-hydroxylation sites is 4. The summed E-state index contributed by atoms with van der Waals surface area (Å²) in [5, 5.41) is 5.37. The van der Waals surface area contributed by atoms with Gasteiger partial charge in [0.25, 0.3) is 0 Å². The minimum Gasteiger partial charge on any atom is -0.433 e. The Hall–Kier alpha value is -3.53. The third-order valence-electron chi connectivity index (χ3n) is 5.41. The molecule has 0 spiro atoms. The summed E-state index contributed by atoms with van der Waals surface area (Å²) >= 11 is 0. The number of halogens is 2. The first-order chi connectivity index (χ1) is 15.7. The molecule has 1 aliphatic heterocycles. The maximum atomic E-state index is 13.2. The zero-order chi connectivity index (χ0) is 24.1. The van der Waals surface area contributed by atoms with Gasteiger partial charge in [0.15, 0.2) is 0 Å². The van der Waals surface area contributed by atoms with E-state index in [-0.39, 0.29) is 42.3 Å². The molecule has 0 saturated carbocycles. The molecule has 2 atom stereocenters. The highest BCUT2D eigenvalue weighted by molar-refractivity contribution is 6.05. The Morgan fingerprint density at radius 1 is 1.21 bits per heavy atom. The van der Waals surface area contributed by atoms with Gasteiger partial charge in [-0.25, -0.2) is 0 Å². The van der Waals surface area contributed by atoms with E-state index in [4.69, 9.17) is 0 Å². The Labute approximate surface area is 190 Å². The zero-order valence-electron chi connectivity index (χ0n) is 18.5. The first-order valence-electron chi connectivity index (χ1n) is 10.4. The Balaban J connectivity index is 1.71. The van der Waals surface area contributed by atoms with E-state index in [1.54, 1.807) is 61.0 Å². The summed E-state index contributed by atoms with van der Waals surface area (Å²) in [5.74, 6) is -1.11. The van der Waals surface area contributed by atoms with Gasteiger partial charge in [0, 0.05) is 12.5 Å². The van der Waals surface area contributed by atoms with Gasteiger partial charge >= 0.3 is 6.61 Å². The molecular formula is C23H26F2N4O4. The van der Waals surface area contributed by atoms with Crippen LogP contribution in [0.15, 0.2) is 48.5 Å². The molecule has 1 heterocycles. The molecule has 10 heteroatoms. The van der Waals surface area contributed by atoms with E-state index in [1.807, 2.05) is 0 Å². The second-order valence-corrected chi connectivity index (χ2v) is 7.84. The third kappa shape index (κ3) is 5.83. The fourth-order valence-electron chi connectivity index (χ4n) is 3.60. The van der Waals surface area contributed by atoms with Crippen LogP contribution < -0.4 is 20.3 Å². The molecule has 1 aliphatic rings. The fourth-order valence-corrected chi connectivity index (χ4v) is 3.60. The number of hydrogen-bond donors (Lipinski definition) is 2. The summed E-state index contributed by atoms with van der Waals surface area (Å²) in [6.07, 6.45) is 0.140. The number of amides is 3. The van der Waals surface area contributed by atoms with E-state index in [0.717, 1.165) is 0 Å². The summed E-state index contributed by atoms with van der Waals surface area (Å²) in [7, 11) is 1.61. The number of anilines is 3. The van der Waals surface area contributed by atoms with E-state index < -0.39 is 18.6 Å². The van der Waals surface area contributed by atoms with Crippen molar-refractivity contribution in [3.05, 3.63) is 48.5 Å². The topological polar surface area (TPSA) is 91.0 Å². The number of alkyl halides is 2. The Kier molecular flexibility index (Phi) is 7.59. The van der Waals surface area contributed by atoms with E-state index in [0.29, 0.717) is 11.4 Å². The molecule has 3 rings (SSSR count). The SMILES string of the molecule is C[C@@H](C(=O)Nc1ccccc1OC(F)F)N(C)CC(=O)N1c2ccccc2NC(=O)C[C@@H]1C. The van der Waals surface area contributed by atoms with Crippen LogP contribution in [0.1, 0.15) is 20.3 Å². The van der Waals surface area contributed by atoms with E-state index in [2.05, 4.69) is 15.4 Å². The number of likely N-dealkylation sites (N-methyl/N-ethyl adjacent to an activating group) is 1. The number of nitrogens with one attached hydrogen (secondary N) is 2. The van der Waals surface area contributed by atoms with Crippen molar-refractivity contribution in [2.75, 3.05) is 29.1 Å². The van der Waals surface area contributed by atoms with Crippen LogP contribution in [0.5, 0.6) is 5.75 Å². The van der Waals surface area contributed by atoms with Crippen LogP contribution in [-0.4, -0.2) is 54.9 Å². The largest absolute Gasteiger partial charge is 0.433 e. The van der Waals surface area contributed by atoms with Crippen molar-refractivity contribution in [3.8, 4) is 5.75 Å². The smallest absolute Gasteiger partial charge is 0.387 e. The van der Waals surface area contributed by atoms with E-state index in [1.165, 1.54) is 18.2 Å². The van der Waals surface area contributed by atoms with Crippen molar-refractivity contribution in [3.63, 3.8) is 0 Å². The van der Waals surface area contributed by atoms with Gasteiger partial charge in [-0.1, -0.05) is 24.3 Å². The van der Waals surface area contributed by atoms with Crippen LogP contribution in [0.2, 0.25) is 0 Å². The number of rotatable bonds is 7. The fraction of sp³-hybridized carbons (Fsp3) is 0.348. The monoisotopic (exact) mass is 460 g/mol. The molecule has 0 unspecified atom stereocenters. The average molecular weight is 460 g/mol. The Morgan fingerprint density at radius 3 is 2.61 bits per heavy atom. The highest BCUT2D eigenvalue weighted by Gasteiger charge is 2.31. The molecule has 0 radical (unpaired) electrons. The van der Waals surface area contributed by atoms with Gasteiger partial charge in [0.2, 0.25) is 17.7 Å². The molecule has 2 aromatic rings. The average Bonchev–Trinajstić information content (AvgIpc) is 2.88. The van der Waals surface area contributed by atoms with Gasteiger partial charge in [-0.15, -0.1) is 0 Å². The standard InChI is InChI=1S/C23H26F2N4O4/c1-14-12-20(30)26-16-8-4-6-10-18(16)29(14)21(31)13-28(3)15(2)22(32)27-17-9-5-7-11-19(17)33-23(24)25/h4-11,14-15,23H,12-13H2,1-3H3,(H,26,30)(H,27,32)/t14-,15-/m0/s1. The van der Waals surface area contributed by atoms with Crippen molar-refractivity contribution in [2.24, 2.45) is 0 Å². The molecule has 2 aromatic carbocycles. The van der Waals surface area contributed by atoms with E-state index >= 15 is 0 Å². The van der Waals surface area contributed by atoms with Gasteiger partial charge in [0.1, 0.15) is 5.75 Å². The lowest BCUT2D eigenvalue weighted by Gasteiger charge is -2.31. The van der Waals surface area contributed by atoms with Gasteiger partial charge < -0.3 is 20.3 Å². The second kappa shape index (κ2) is 10.4. The first-order valence-corrected chi connectivity index (χ1v) is 10.4. The van der Waals surface area contributed by atoms with Gasteiger partial charge in [0.05, 0.1) is 29.6 Å². The molecule has 33 heavy (non-hydrogen) atoms. The van der Waals surface area contributed by atoms with Gasteiger partial charge in [-0.2, -0.15) is 8.78 Å². The normalized spacial score (nSPS) is 16.6. The number of carbonyl (C=O) groups excluding carboxylic acids is 3. The molecule has 0 fully saturated rings. The summed E-state index contributed by atoms with van der Waals surface area (Å²) in [6.45, 7) is 0.261. The maximum absolute atomic E-state index is 13.2. The summed E-state index contributed by atoms with van der Waals surface area (Å²) < 4.78 is 29.7. The molecule has 0 bridgehead atoms. The van der Waals surface area contributed by atoms with Crippen molar-refractivity contribution in [2.45, 2.75) is 39.0 Å². The lowest BCUT2D eigenvalue weighted by molar-refractivity contribution is -0.123. The third-order valence-corrected chi connectivity index (χ3v) is 5.41. The maximum Gasteiger partial charge on any atom is 0.387 e. The van der Waals surface area contributed by atoms with Crippen LogP contribution in [0.3, 0.4) is 0 Å². The summed E-state index contributed by atoms with van der Waals surface area (Å²) in [6, 6.07) is 11.8. The van der Waals surface area contributed by atoms with Crippen LogP contribution in [0.25, 0.3) is 0 Å². The highest BCUT2D eigenvalue weighted by atomic mass is 19.3. The van der Waals surface area contributed by atoms with Gasteiger partial charge in [-0.3, -0.25) is 19.3 Å². The Bertz CT molecular complexity index is 1030.